The molecule has 2 nitrogen and oxygen atoms in total. The van der Waals surface area contributed by atoms with E-state index in [1.807, 2.05) is 37.3 Å². The van der Waals surface area contributed by atoms with Crippen LogP contribution >= 0.6 is 0 Å². The van der Waals surface area contributed by atoms with E-state index in [0.29, 0.717) is 38.9 Å². The summed E-state index contributed by atoms with van der Waals surface area (Å²) in [5, 5.41) is 0. The minimum atomic E-state index is -3.26. The van der Waals surface area contributed by atoms with Crippen LogP contribution in [-0.4, -0.2) is 17.6 Å². The van der Waals surface area contributed by atoms with Crippen LogP contribution in [0.1, 0.15) is 66.4 Å². The molecule has 0 bridgehead atoms. The molecular weight excluding hydrogens is 616 g/mol. The van der Waals surface area contributed by atoms with Crippen LogP contribution in [0.15, 0.2) is 88.6 Å². The molecule has 0 saturated heterocycles. The maximum absolute atomic E-state index is 15.7. The second-order valence-corrected chi connectivity index (χ2v) is 10.9. The van der Waals surface area contributed by atoms with Gasteiger partial charge in [-0.1, -0.05) is 86.7 Å². The van der Waals surface area contributed by atoms with E-state index in [4.69, 9.17) is 0 Å². The fourth-order valence-corrected chi connectivity index (χ4v) is 6.01. The van der Waals surface area contributed by atoms with Crippen LogP contribution in [0.4, 0.5) is 30.6 Å². The van der Waals surface area contributed by atoms with Crippen molar-refractivity contribution in [3.8, 4) is 0 Å². The first-order valence-electron chi connectivity index (χ1n) is 15.0. The van der Waals surface area contributed by atoms with Crippen molar-refractivity contribution in [2.24, 2.45) is 4.99 Å². The van der Waals surface area contributed by atoms with Gasteiger partial charge < -0.3 is 4.48 Å². The average Bonchev–Trinajstić information content (AvgIpc) is 3.55. The molecule has 240 valence electrons. The van der Waals surface area contributed by atoms with Crippen molar-refractivity contribution >= 4 is 36.9 Å². The zero-order chi connectivity index (χ0) is 34.0. The van der Waals surface area contributed by atoms with E-state index in [1.54, 1.807) is 62.4 Å². The molecule has 47 heavy (non-hydrogen) atoms. The highest BCUT2D eigenvalue weighted by molar-refractivity contribution is 6.42. The number of aromatic nitrogens is 1. The molecule has 1 aliphatic heterocycles. The molecule has 0 unspecified atom stereocenters. The van der Waals surface area contributed by atoms with Gasteiger partial charge >= 0.3 is 7.40 Å². The summed E-state index contributed by atoms with van der Waals surface area (Å²) in [7, 11) is -3.26. The van der Waals surface area contributed by atoms with Crippen LogP contribution in [0.2, 0.25) is 0 Å². The lowest BCUT2D eigenvalue weighted by atomic mass is 9.91. The number of nitrogens with zero attached hydrogens (tertiary/aromatic N) is 2. The van der Waals surface area contributed by atoms with Gasteiger partial charge in [-0.3, -0.25) is 8.63 Å². The fourth-order valence-electron chi connectivity index (χ4n) is 6.01. The molecule has 0 atom stereocenters. The van der Waals surface area contributed by atoms with Crippen molar-refractivity contribution in [3.05, 3.63) is 152 Å². The Bertz CT molecular complexity index is 1960. The van der Waals surface area contributed by atoms with Crippen molar-refractivity contribution in [1.82, 2.24) is 4.48 Å². The van der Waals surface area contributed by atoms with E-state index >= 15 is 17.4 Å². The van der Waals surface area contributed by atoms with Crippen LogP contribution in [-0.2, 0) is 6.42 Å². The maximum atomic E-state index is 15.7. The first kappa shape index (κ1) is 33.5. The zero-order valence-corrected chi connectivity index (χ0v) is 26.1. The second-order valence-electron chi connectivity index (χ2n) is 10.9. The van der Waals surface area contributed by atoms with Gasteiger partial charge in [0.05, 0.1) is 17.0 Å². The molecule has 10 heteroatoms. The first-order valence-corrected chi connectivity index (χ1v) is 15.0. The van der Waals surface area contributed by atoms with Gasteiger partial charge in [0, 0.05) is 17.0 Å². The van der Waals surface area contributed by atoms with Gasteiger partial charge in [-0.25, -0.2) is 26.9 Å². The Balaban J connectivity index is 1.91. The smallest absolute Gasteiger partial charge is 0.325 e. The minimum absolute atomic E-state index is 0.0318. The third-order valence-electron chi connectivity index (χ3n) is 8.27. The summed E-state index contributed by atoms with van der Waals surface area (Å²) >= 11 is 0. The largest absolute Gasteiger partial charge is 0.678 e. The molecule has 5 rings (SSSR count). The standard InChI is InChI=1S/C37H30BF7N2/c1-5-25-21(3)36(46-27(25)19-17-23-13-9-7-10-14-23)30(29-31(39)33(41)35(43)34(42)32(29)40)37-22(4)26(6-2)28(47(37)38(44)45)20-18-24-15-11-8-12-16-24/h7-20H,5-6H2,1-4H3/b19-17+,20-18+,36-30-. The molecule has 4 aromatic rings. The maximum Gasteiger partial charge on any atom is 0.678 e. The molecular formula is C37H30BF7N2. The lowest BCUT2D eigenvalue weighted by Gasteiger charge is -2.18. The molecule has 0 amide bonds. The van der Waals surface area contributed by atoms with Gasteiger partial charge in [-0.15, -0.1) is 0 Å². The minimum Gasteiger partial charge on any atom is -0.325 e. The predicted molar refractivity (Wildman–Crippen MR) is 175 cm³/mol. The molecule has 1 aliphatic rings. The summed E-state index contributed by atoms with van der Waals surface area (Å²) in [5.41, 5.74) is 1.03. The topological polar surface area (TPSA) is 17.3 Å². The summed E-state index contributed by atoms with van der Waals surface area (Å²) in [6.07, 6.45) is 7.13. The monoisotopic (exact) mass is 646 g/mol. The Labute approximate surface area is 269 Å². The average molecular weight is 646 g/mol. The second kappa shape index (κ2) is 13.9. The van der Waals surface area contributed by atoms with E-state index in [1.165, 1.54) is 13.0 Å². The Kier molecular flexibility index (Phi) is 9.89. The van der Waals surface area contributed by atoms with E-state index in [0.717, 1.165) is 5.56 Å². The van der Waals surface area contributed by atoms with Crippen LogP contribution in [0, 0.1) is 36.0 Å². The van der Waals surface area contributed by atoms with Gasteiger partial charge in [0.15, 0.2) is 23.3 Å². The van der Waals surface area contributed by atoms with Crippen LogP contribution in [0.5, 0.6) is 0 Å². The highest BCUT2D eigenvalue weighted by Gasteiger charge is 2.37. The fraction of sp³-hybridized carbons (Fsp3) is 0.162. The Morgan fingerprint density at radius 1 is 0.702 bits per heavy atom. The van der Waals surface area contributed by atoms with Crippen molar-refractivity contribution in [3.63, 3.8) is 0 Å². The van der Waals surface area contributed by atoms with E-state index in [9.17, 15) is 13.2 Å². The quantitative estimate of drug-likeness (QED) is 0.0746. The molecule has 0 radical (unpaired) electrons. The number of aliphatic imine (C=N–C) groups is 1. The summed E-state index contributed by atoms with van der Waals surface area (Å²) in [5.74, 6) is -11.0. The first-order chi connectivity index (χ1) is 22.5. The molecule has 1 aromatic heterocycles. The lowest BCUT2D eigenvalue weighted by molar-refractivity contribution is 0.376. The van der Waals surface area contributed by atoms with Crippen LogP contribution < -0.4 is 0 Å². The van der Waals surface area contributed by atoms with Crippen molar-refractivity contribution < 1.29 is 30.6 Å². The molecule has 0 saturated carbocycles. The number of allylic oxidation sites excluding steroid dienone is 3. The predicted octanol–water partition coefficient (Wildman–Crippen LogP) is 10.7. The zero-order valence-electron chi connectivity index (χ0n) is 26.1. The summed E-state index contributed by atoms with van der Waals surface area (Å²) < 4.78 is 106. The SMILES string of the molecule is CCC1=C(C)/C(=C(\c2c(F)c(F)c(F)c(F)c2F)c2c(C)c(CC)c(/C=C/c3ccccc3)n2B(F)F)N=C1/C=C/c1ccccc1. The van der Waals surface area contributed by atoms with Gasteiger partial charge in [0.1, 0.15) is 0 Å². The van der Waals surface area contributed by atoms with Gasteiger partial charge in [-0.2, -0.15) is 0 Å². The highest BCUT2D eigenvalue weighted by atomic mass is 19.2. The van der Waals surface area contributed by atoms with Crippen molar-refractivity contribution in [1.29, 1.82) is 0 Å². The van der Waals surface area contributed by atoms with Gasteiger partial charge in [0.25, 0.3) is 0 Å². The summed E-state index contributed by atoms with van der Waals surface area (Å²) in [6, 6.07) is 18.1. The van der Waals surface area contributed by atoms with E-state index in [-0.39, 0.29) is 23.4 Å². The Morgan fingerprint density at radius 3 is 1.70 bits per heavy atom. The number of benzene rings is 3. The Hall–Kier alpha value is -4.86. The molecule has 2 heterocycles. The van der Waals surface area contributed by atoms with Crippen LogP contribution in [0.3, 0.4) is 0 Å². The van der Waals surface area contributed by atoms with Crippen LogP contribution in [0.25, 0.3) is 23.8 Å². The number of hydrogen-bond acceptors (Lipinski definition) is 1. The number of hydrogen-bond donors (Lipinski definition) is 0. The van der Waals surface area contributed by atoms with Gasteiger partial charge in [0.2, 0.25) is 5.82 Å². The summed E-state index contributed by atoms with van der Waals surface area (Å²) in [6.45, 7) is 6.64. The summed E-state index contributed by atoms with van der Waals surface area (Å²) in [4.78, 5) is 4.64. The Morgan fingerprint density at radius 2 is 1.21 bits per heavy atom. The lowest BCUT2D eigenvalue weighted by Crippen LogP contribution is -2.20. The number of halogens is 7. The third kappa shape index (κ3) is 6.16. The molecule has 3 aromatic carbocycles. The third-order valence-corrected chi connectivity index (χ3v) is 8.27. The molecule has 0 spiro atoms. The van der Waals surface area contributed by atoms with Crippen molar-refractivity contribution in [2.75, 3.05) is 0 Å². The molecule has 0 fully saturated rings. The highest BCUT2D eigenvalue weighted by Crippen LogP contribution is 2.44. The van der Waals surface area contributed by atoms with Crippen molar-refractivity contribution in [2.45, 2.75) is 40.5 Å². The van der Waals surface area contributed by atoms with Gasteiger partial charge in [-0.05, 0) is 72.2 Å². The number of rotatable bonds is 9. The molecule has 0 N–H and O–H groups in total. The van der Waals surface area contributed by atoms with E-state index < -0.39 is 53.3 Å². The normalized spacial score (nSPS) is 14.6. The van der Waals surface area contributed by atoms with E-state index in [2.05, 4.69) is 4.99 Å². The molecule has 0 aliphatic carbocycles.